The van der Waals surface area contributed by atoms with Gasteiger partial charge in [0.15, 0.2) is 11.6 Å². The molecule has 0 spiro atoms. The average Bonchev–Trinajstić information content (AvgIpc) is 3.18. The SMILES string of the molecule is CC(=O)O[C@@H]1CC2C(C)(C)C(=O)C=C[C@]2(C)C2CC[C@]3(C)C(=CC[C@H]3[C@H](CO)C[C@H](O)C(=O)C(C)(C)O)[C@@]21C. The molecule has 7 heteroatoms. The molecule has 3 N–H and O–H groups in total. The Labute approximate surface area is 233 Å². The van der Waals surface area contributed by atoms with E-state index in [1.54, 1.807) is 6.08 Å². The summed E-state index contributed by atoms with van der Waals surface area (Å²) < 4.78 is 6.12. The van der Waals surface area contributed by atoms with E-state index in [0.29, 0.717) is 12.8 Å². The summed E-state index contributed by atoms with van der Waals surface area (Å²) in [6, 6.07) is 0. The number of Topliss-reactive ketones (excluding diaryl/α,β-unsaturated/α-hetero) is 1. The van der Waals surface area contributed by atoms with Crippen LogP contribution in [0.2, 0.25) is 0 Å². The molecule has 0 saturated heterocycles. The van der Waals surface area contributed by atoms with Crippen molar-refractivity contribution in [2.24, 2.45) is 45.3 Å². The molecule has 7 nitrogen and oxygen atoms in total. The molecule has 9 atom stereocenters. The molecule has 4 rings (SSSR count). The Morgan fingerprint density at radius 3 is 2.36 bits per heavy atom. The molecule has 2 fully saturated rings. The molecule has 39 heavy (non-hydrogen) atoms. The van der Waals surface area contributed by atoms with E-state index < -0.39 is 34.4 Å². The van der Waals surface area contributed by atoms with Crippen LogP contribution in [0.5, 0.6) is 0 Å². The second kappa shape index (κ2) is 9.63. The van der Waals surface area contributed by atoms with Crippen molar-refractivity contribution >= 4 is 17.5 Å². The maximum atomic E-state index is 13.0. The van der Waals surface area contributed by atoms with Crippen LogP contribution in [-0.4, -0.2) is 57.3 Å². The van der Waals surface area contributed by atoms with E-state index in [1.165, 1.54) is 26.3 Å². The van der Waals surface area contributed by atoms with Gasteiger partial charge < -0.3 is 20.1 Å². The van der Waals surface area contributed by atoms with Crippen LogP contribution in [0.1, 0.15) is 87.5 Å². The van der Waals surface area contributed by atoms with Gasteiger partial charge in [0.1, 0.15) is 17.8 Å². The maximum Gasteiger partial charge on any atom is 0.302 e. The summed E-state index contributed by atoms with van der Waals surface area (Å²) in [6.45, 7) is 14.7. The second-order valence-electron chi connectivity index (χ2n) is 14.5. The Balaban J connectivity index is 1.73. The molecule has 218 valence electrons. The standard InChI is InChI=1S/C32H48O7/c1-18(34)39-26-16-24-28(2,3)25(36)12-14-31(24,7)23-11-13-30(6)20(9-10-22(30)32(23,26)8)19(17-33)15-21(35)27(37)29(4,5)38/h10,12,14,19-21,23-24,26,33,35,38H,9,11,13,15-17H2,1-8H3/t19-,20-,21-,23?,24?,26+,30-,31+,32-/m0/s1. The molecule has 4 aliphatic rings. The highest BCUT2D eigenvalue weighted by Gasteiger charge is 2.68. The van der Waals surface area contributed by atoms with Gasteiger partial charge in [0.05, 0.1) is 0 Å². The number of aliphatic hydroxyl groups is 3. The number of hydrogen-bond acceptors (Lipinski definition) is 7. The molecule has 0 bridgehead atoms. The van der Waals surface area contributed by atoms with Crippen molar-refractivity contribution < 1.29 is 34.4 Å². The highest BCUT2D eigenvalue weighted by atomic mass is 16.5. The van der Waals surface area contributed by atoms with Gasteiger partial charge >= 0.3 is 5.97 Å². The van der Waals surface area contributed by atoms with Crippen molar-refractivity contribution in [2.75, 3.05) is 6.61 Å². The summed E-state index contributed by atoms with van der Waals surface area (Å²) in [6.07, 6.45) is 7.44. The molecule has 2 unspecified atom stereocenters. The molecule has 2 saturated carbocycles. The van der Waals surface area contributed by atoms with Gasteiger partial charge in [-0.3, -0.25) is 14.4 Å². The molecular weight excluding hydrogens is 496 g/mol. The first kappa shape index (κ1) is 30.1. The predicted molar refractivity (Wildman–Crippen MR) is 147 cm³/mol. The van der Waals surface area contributed by atoms with Crippen LogP contribution in [0, 0.1) is 45.3 Å². The van der Waals surface area contributed by atoms with Crippen molar-refractivity contribution in [1.29, 1.82) is 0 Å². The Kier molecular flexibility index (Phi) is 7.44. The lowest BCUT2D eigenvalue weighted by molar-refractivity contribution is -0.188. The van der Waals surface area contributed by atoms with Crippen molar-refractivity contribution in [3.05, 3.63) is 23.8 Å². The number of carbonyl (C=O) groups excluding carboxylic acids is 3. The van der Waals surface area contributed by atoms with Crippen LogP contribution in [0.25, 0.3) is 0 Å². The zero-order valence-corrected chi connectivity index (χ0v) is 24.9. The number of allylic oxidation sites excluding steroid dienone is 3. The van der Waals surface area contributed by atoms with Crippen LogP contribution in [0.3, 0.4) is 0 Å². The van der Waals surface area contributed by atoms with E-state index >= 15 is 0 Å². The molecule has 4 aliphatic carbocycles. The van der Waals surface area contributed by atoms with Crippen molar-refractivity contribution in [1.82, 2.24) is 0 Å². The average molecular weight is 545 g/mol. The molecule has 0 aliphatic heterocycles. The number of hydrogen-bond donors (Lipinski definition) is 3. The minimum absolute atomic E-state index is 0.0112. The summed E-state index contributed by atoms with van der Waals surface area (Å²) in [5.41, 5.74) is -2.03. The number of ether oxygens (including phenoxy) is 1. The Hall–Kier alpha value is -1.83. The molecule has 0 radical (unpaired) electrons. The number of ketones is 2. The molecule has 0 heterocycles. The number of fused-ring (bicyclic) bond motifs is 5. The highest BCUT2D eigenvalue weighted by molar-refractivity contribution is 5.95. The van der Waals surface area contributed by atoms with Gasteiger partial charge in [0.2, 0.25) is 0 Å². The smallest absolute Gasteiger partial charge is 0.302 e. The van der Waals surface area contributed by atoms with Crippen molar-refractivity contribution in [2.45, 2.75) is 105 Å². The van der Waals surface area contributed by atoms with Gasteiger partial charge in [0, 0.05) is 24.4 Å². The summed E-state index contributed by atoms with van der Waals surface area (Å²) in [7, 11) is 0. The van der Waals surface area contributed by atoms with Crippen LogP contribution in [0.4, 0.5) is 0 Å². The first-order valence-corrected chi connectivity index (χ1v) is 14.5. The quantitative estimate of drug-likeness (QED) is 0.325. The van der Waals surface area contributed by atoms with Crippen LogP contribution in [-0.2, 0) is 19.1 Å². The van der Waals surface area contributed by atoms with Crippen LogP contribution >= 0.6 is 0 Å². The second-order valence-corrected chi connectivity index (χ2v) is 14.5. The molecular formula is C32H48O7. The molecule has 0 aromatic rings. The van der Waals surface area contributed by atoms with E-state index in [1.807, 2.05) is 13.8 Å². The largest absolute Gasteiger partial charge is 0.462 e. The van der Waals surface area contributed by atoms with E-state index in [0.717, 1.165) is 12.8 Å². The lowest BCUT2D eigenvalue weighted by Gasteiger charge is -2.66. The third kappa shape index (κ3) is 4.47. The van der Waals surface area contributed by atoms with Gasteiger partial charge in [0.25, 0.3) is 0 Å². The highest BCUT2D eigenvalue weighted by Crippen LogP contribution is 2.72. The summed E-state index contributed by atoms with van der Waals surface area (Å²) in [4.78, 5) is 37.9. The van der Waals surface area contributed by atoms with Crippen LogP contribution in [0.15, 0.2) is 23.8 Å². The molecule has 0 amide bonds. The number of aliphatic hydroxyl groups excluding tert-OH is 2. The first-order chi connectivity index (χ1) is 17.8. The first-order valence-electron chi connectivity index (χ1n) is 14.5. The fraction of sp³-hybridized carbons (Fsp3) is 0.781. The third-order valence-electron chi connectivity index (χ3n) is 11.5. The fourth-order valence-electron chi connectivity index (χ4n) is 9.53. The minimum Gasteiger partial charge on any atom is -0.462 e. The Morgan fingerprint density at radius 1 is 1.15 bits per heavy atom. The van der Waals surface area contributed by atoms with Gasteiger partial charge in [-0.15, -0.1) is 0 Å². The zero-order valence-electron chi connectivity index (χ0n) is 24.9. The third-order valence-corrected chi connectivity index (χ3v) is 11.5. The summed E-state index contributed by atoms with van der Waals surface area (Å²) >= 11 is 0. The van der Waals surface area contributed by atoms with Crippen LogP contribution < -0.4 is 0 Å². The van der Waals surface area contributed by atoms with Crippen molar-refractivity contribution in [3.63, 3.8) is 0 Å². The van der Waals surface area contributed by atoms with Gasteiger partial charge in [-0.25, -0.2) is 0 Å². The minimum atomic E-state index is -1.65. The Bertz CT molecular complexity index is 1100. The van der Waals surface area contributed by atoms with E-state index in [9.17, 15) is 29.7 Å². The number of esters is 1. The maximum absolute atomic E-state index is 13.0. The monoisotopic (exact) mass is 544 g/mol. The summed E-state index contributed by atoms with van der Waals surface area (Å²) in [5.74, 6) is -1.04. The van der Waals surface area contributed by atoms with Gasteiger partial charge in [-0.2, -0.15) is 0 Å². The number of rotatable bonds is 7. The van der Waals surface area contributed by atoms with E-state index in [-0.39, 0.29) is 59.3 Å². The fourth-order valence-corrected chi connectivity index (χ4v) is 9.53. The Morgan fingerprint density at radius 2 is 1.79 bits per heavy atom. The normalized spacial score (nSPS) is 40.6. The molecule has 0 aromatic carbocycles. The summed E-state index contributed by atoms with van der Waals surface area (Å²) in [5, 5.41) is 31.3. The molecule has 0 aromatic heterocycles. The topological polar surface area (TPSA) is 121 Å². The lowest BCUT2D eigenvalue weighted by Crippen LogP contribution is -2.64. The van der Waals surface area contributed by atoms with E-state index in [2.05, 4.69) is 32.9 Å². The van der Waals surface area contributed by atoms with Gasteiger partial charge in [-0.1, -0.05) is 52.3 Å². The van der Waals surface area contributed by atoms with Crippen molar-refractivity contribution in [3.8, 4) is 0 Å². The van der Waals surface area contributed by atoms with Gasteiger partial charge in [-0.05, 0) is 86.5 Å². The number of carbonyl (C=O) groups is 3. The lowest BCUT2D eigenvalue weighted by atomic mass is 9.38. The predicted octanol–water partition coefficient (Wildman–Crippen LogP) is 4.18. The van der Waals surface area contributed by atoms with E-state index in [4.69, 9.17) is 4.74 Å². The zero-order chi connectivity index (χ0) is 29.3.